The summed E-state index contributed by atoms with van der Waals surface area (Å²) in [5.41, 5.74) is 1.69. The highest BCUT2D eigenvalue weighted by Gasteiger charge is 2.29. The number of carbonyl (C=O) groups excluding carboxylic acids is 1. The van der Waals surface area contributed by atoms with Crippen molar-refractivity contribution in [1.29, 1.82) is 0 Å². The van der Waals surface area contributed by atoms with Crippen molar-refractivity contribution in [3.05, 3.63) is 42.0 Å². The van der Waals surface area contributed by atoms with Crippen LogP contribution in [-0.2, 0) is 6.54 Å². The summed E-state index contributed by atoms with van der Waals surface area (Å²) < 4.78 is 13.6. The van der Waals surface area contributed by atoms with Crippen molar-refractivity contribution in [2.24, 2.45) is 0 Å². The summed E-state index contributed by atoms with van der Waals surface area (Å²) in [6.45, 7) is 3.33. The van der Waals surface area contributed by atoms with Gasteiger partial charge in [-0.3, -0.25) is 4.79 Å². The summed E-state index contributed by atoms with van der Waals surface area (Å²) in [6.07, 6.45) is 4.55. The Balaban J connectivity index is 1.58. The van der Waals surface area contributed by atoms with Crippen molar-refractivity contribution in [3.8, 4) is 11.5 Å². The van der Waals surface area contributed by atoms with E-state index in [4.69, 9.17) is 9.47 Å². The minimum absolute atomic E-state index is 0.0110. The molecule has 0 radical (unpaired) electrons. The standard InChI is InChI=1S/C19H24N4O3/c1-21(2)10-16-12-22(11-15-9-20-13-23(15)16)19(24)14-4-5-17-18(8-14)26-7-3-6-25-17/h4-5,8-9,13,16H,3,6-7,10-12H2,1-2H3/t16-/m0/s1. The van der Waals surface area contributed by atoms with Crippen molar-refractivity contribution in [3.63, 3.8) is 0 Å². The second-order valence-electron chi connectivity index (χ2n) is 7.11. The van der Waals surface area contributed by atoms with Crippen LogP contribution in [0.15, 0.2) is 30.7 Å². The van der Waals surface area contributed by atoms with Gasteiger partial charge in [-0.25, -0.2) is 4.98 Å². The number of hydrogen-bond acceptors (Lipinski definition) is 5. The van der Waals surface area contributed by atoms with Crippen molar-refractivity contribution in [2.45, 2.75) is 19.0 Å². The number of amides is 1. The number of hydrogen-bond donors (Lipinski definition) is 0. The zero-order valence-corrected chi connectivity index (χ0v) is 15.2. The third-order valence-electron chi connectivity index (χ3n) is 4.78. The Labute approximate surface area is 153 Å². The number of likely N-dealkylation sites (N-methyl/N-ethyl adjacent to an activating group) is 1. The van der Waals surface area contributed by atoms with Crippen LogP contribution in [0.25, 0.3) is 0 Å². The van der Waals surface area contributed by atoms with Gasteiger partial charge in [0.1, 0.15) is 0 Å². The lowest BCUT2D eigenvalue weighted by atomic mass is 10.1. The molecule has 138 valence electrons. The van der Waals surface area contributed by atoms with Crippen molar-refractivity contribution in [2.75, 3.05) is 40.4 Å². The van der Waals surface area contributed by atoms with Crippen LogP contribution in [0.3, 0.4) is 0 Å². The van der Waals surface area contributed by atoms with Gasteiger partial charge in [0.15, 0.2) is 11.5 Å². The number of nitrogens with zero attached hydrogens (tertiary/aromatic N) is 4. The van der Waals surface area contributed by atoms with Gasteiger partial charge in [-0.05, 0) is 32.3 Å². The summed E-state index contributed by atoms with van der Waals surface area (Å²) in [5.74, 6) is 1.37. The number of benzene rings is 1. The maximum atomic E-state index is 13.1. The van der Waals surface area contributed by atoms with E-state index >= 15 is 0 Å². The Bertz CT molecular complexity index is 802. The van der Waals surface area contributed by atoms with Crippen LogP contribution in [0.2, 0.25) is 0 Å². The van der Waals surface area contributed by atoms with E-state index in [1.807, 2.05) is 43.7 Å². The number of imidazole rings is 1. The van der Waals surface area contributed by atoms with Gasteiger partial charge >= 0.3 is 0 Å². The smallest absolute Gasteiger partial charge is 0.254 e. The molecule has 0 N–H and O–H groups in total. The van der Waals surface area contributed by atoms with E-state index in [-0.39, 0.29) is 11.9 Å². The highest BCUT2D eigenvalue weighted by atomic mass is 16.5. The van der Waals surface area contributed by atoms with E-state index in [2.05, 4.69) is 14.5 Å². The summed E-state index contributed by atoms with van der Waals surface area (Å²) in [6, 6.07) is 5.65. The fourth-order valence-corrected chi connectivity index (χ4v) is 3.59. The molecule has 26 heavy (non-hydrogen) atoms. The zero-order chi connectivity index (χ0) is 18.1. The normalized spacial score (nSPS) is 19.2. The number of rotatable bonds is 3. The molecule has 1 aromatic heterocycles. The molecular weight excluding hydrogens is 332 g/mol. The van der Waals surface area contributed by atoms with E-state index in [0.29, 0.717) is 43.4 Å². The molecule has 0 bridgehead atoms. The Hall–Kier alpha value is -2.54. The Morgan fingerprint density at radius 2 is 2.08 bits per heavy atom. The monoisotopic (exact) mass is 356 g/mol. The minimum Gasteiger partial charge on any atom is -0.490 e. The van der Waals surface area contributed by atoms with Crippen LogP contribution in [0.4, 0.5) is 0 Å². The summed E-state index contributed by atoms with van der Waals surface area (Å²) in [4.78, 5) is 21.4. The predicted molar refractivity (Wildman–Crippen MR) is 96.6 cm³/mol. The largest absolute Gasteiger partial charge is 0.490 e. The van der Waals surface area contributed by atoms with Crippen LogP contribution in [0.1, 0.15) is 28.5 Å². The number of fused-ring (bicyclic) bond motifs is 2. The molecular formula is C19H24N4O3. The molecule has 1 amide bonds. The van der Waals surface area contributed by atoms with Gasteiger partial charge in [0.05, 0.1) is 37.8 Å². The SMILES string of the molecule is CN(C)C[C@H]1CN(C(=O)c2ccc3c(c2)OCCCO3)Cc2cncn21. The summed E-state index contributed by atoms with van der Waals surface area (Å²) in [7, 11) is 4.09. The van der Waals surface area contributed by atoms with Crippen molar-refractivity contribution in [1.82, 2.24) is 19.4 Å². The molecule has 0 saturated heterocycles. The van der Waals surface area contributed by atoms with Gasteiger partial charge in [-0.2, -0.15) is 0 Å². The summed E-state index contributed by atoms with van der Waals surface area (Å²) in [5, 5.41) is 0. The van der Waals surface area contributed by atoms with Gasteiger partial charge in [0, 0.05) is 31.3 Å². The average molecular weight is 356 g/mol. The highest BCUT2D eigenvalue weighted by molar-refractivity contribution is 5.95. The average Bonchev–Trinajstić information content (AvgIpc) is 2.98. The lowest BCUT2D eigenvalue weighted by molar-refractivity contribution is 0.0663. The minimum atomic E-state index is 0.0110. The molecule has 2 aromatic rings. The molecule has 0 spiro atoms. The van der Waals surface area contributed by atoms with Gasteiger partial charge in [-0.15, -0.1) is 0 Å². The maximum absolute atomic E-state index is 13.1. The van der Waals surface area contributed by atoms with E-state index in [9.17, 15) is 4.79 Å². The van der Waals surface area contributed by atoms with Crippen LogP contribution < -0.4 is 9.47 Å². The van der Waals surface area contributed by atoms with E-state index in [1.54, 1.807) is 6.07 Å². The first kappa shape index (κ1) is 16.9. The zero-order valence-electron chi connectivity index (χ0n) is 15.2. The third kappa shape index (κ3) is 3.26. The van der Waals surface area contributed by atoms with Gasteiger partial charge in [0.2, 0.25) is 0 Å². The molecule has 4 rings (SSSR count). The summed E-state index contributed by atoms with van der Waals surface area (Å²) >= 11 is 0. The topological polar surface area (TPSA) is 59.8 Å². The molecule has 0 aliphatic carbocycles. The molecule has 7 heteroatoms. The molecule has 0 unspecified atom stereocenters. The molecule has 0 saturated carbocycles. The second kappa shape index (κ2) is 6.99. The first-order valence-electron chi connectivity index (χ1n) is 8.96. The number of ether oxygens (including phenoxy) is 2. The fourth-order valence-electron chi connectivity index (χ4n) is 3.59. The maximum Gasteiger partial charge on any atom is 0.254 e. The molecule has 0 fully saturated rings. The third-order valence-corrected chi connectivity index (χ3v) is 4.78. The lowest BCUT2D eigenvalue weighted by Gasteiger charge is -2.35. The van der Waals surface area contributed by atoms with Crippen LogP contribution in [-0.4, -0.2) is 65.7 Å². The number of aromatic nitrogens is 2. The molecule has 2 aliphatic rings. The van der Waals surface area contributed by atoms with E-state index < -0.39 is 0 Å². The molecule has 3 heterocycles. The highest BCUT2D eigenvalue weighted by Crippen LogP contribution is 2.31. The van der Waals surface area contributed by atoms with Crippen LogP contribution in [0, 0.1) is 0 Å². The molecule has 7 nitrogen and oxygen atoms in total. The van der Waals surface area contributed by atoms with Crippen LogP contribution in [0.5, 0.6) is 11.5 Å². The first-order valence-corrected chi connectivity index (χ1v) is 8.96. The molecule has 2 aliphatic heterocycles. The molecule has 1 atom stereocenters. The first-order chi connectivity index (χ1) is 12.6. The second-order valence-corrected chi connectivity index (χ2v) is 7.11. The van der Waals surface area contributed by atoms with Gasteiger partial charge < -0.3 is 23.8 Å². The van der Waals surface area contributed by atoms with Crippen molar-refractivity contribution < 1.29 is 14.3 Å². The van der Waals surface area contributed by atoms with Crippen LogP contribution >= 0.6 is 0 Å². The predicted octanol–water partition coefficient (Wildman–Crippen LogP) is 1.80. The number of carbonyl (C=O) groups is 1. The van der Waals surface area contributed by atoms with E-state index in [0.717, 1.165) is 18.7 Å². The van der Waals surface area contributed by atoms with Crippen molar-refractivity contribution >= 4 is 5.91 Å². The fraction of sp³-hybridized carbons (Fsp3) is 0.474. The molecule has 1 aromatic carbocycles. The Morgan fingerprint density at radius 1 is 1.27 bits per heavy atom. The van der Waals surface area contributed by atoms with Gasteiger partial charge in [0.25, 0.3) is 5.91 Å². The lowest BCUT2D eigenvalue weighted by Crippen LogP contribution is -2.43. The Kier molecular flexibility index (Phi) is 4.55. The van der Waals surface area contributed by atoms with E-state index in [1.165, 1.54) is 0 Å². The quantitative estimate of drug-likeness (QED) is 0.839. The van der Waals surface area contributed by atoms with Gasteiger partial charge in [-0.1, -0.05) is 0 Å². The Morgan fingerprint density at radius 3 is 2.88 bits per heavy atom.